The van der Waals surface area contributed by atoms with Crippen molar-refractivity contribution in [2.45, 2.75) is 48.1 Å². The predicted molar refractivity (Wildman–Crippen MR) is 98.2 cm³/mol. The molecule has 0 aliphatic carbocycles. The zero-order valence-electron chi connectivity index (χ0n) is 17.1. The molecule has 4 unspecified atom stereocenters. The summed E-state index contributed by atoms with van der Waals surface area (Å²) in [5.74, 6) is 0. The maximum absolute atomic E-state index is 6.41. The van der Waals surface area contributed by atoms with Gasteiger partial charge < -0.3 is 41.1 Å². The van der Waals surface area contributed by atoms with E-state index in [1.807, 2.05) is 0 Å². The first-order chi connectivity index (χ1) is 13.0. The highest BCUT2D eigenvalue weighted by atomic mass is 28.4. The van der Waals surface area contributed by atoms with Gasteiger partial charge in [-0.15, -0.1) is 0 Å². The third-order valence-electron chi connectivity index (χ3n) is 6.44. The minimum atomic E-state index is -3.14. The van der Waals surface area contributed by atoms with Crippen molar-refractivity contribution >= 4 is 17.4 Å². The van der Waals surface area contributed by atoms with Gasteiger partial charge in [-0.25, -0.2) is 0 Å². The number of ether oxygens (including phenoxy) is 4. The summed E-state index contributed by atoms with van der Waals surface area (Å²) in [5.41, 5.74) is -0.251. The molecule has 0 amide bonds. The molecular formula is C16H32O9Si2. The maximum Gasteiger partial charge on any atom is 0.502 e. The van der Waals surface area contributed by atoms with Gasteiger partial charge in [0, 0.05) is 62.1 Å². The van der Waals surface area contributed by atoms with Crippen LogP contribution < -0.4 is 0 Å². The van der Waals surface area contributed by atoms with Crippen LogP contribution in [0.2, 0.25) is 5.67 Å². The Balaban J connectivity index is 2.03. The fourth-order valence-corrected chi connectivity index (χ4v) is 14.1. The van der Waals surface area contributed by atoms with Crippen molar-refractivity contribution in [1.29, 1.82) is 0 Å². The van der Waals surface area contributed by atoms with Gasteiger partial charge in [-0.1, -0.05) is 0 Å². The minimum absolute atomic E-state index is 0.0510. The van der Waals surface area contributed by atoms with Crippen LogP contribution in [0.4, 0.5) is 0 Å². The highest BCUT2D eigenvalue weighted by molar-refractivity contribution is 6.85. The molecule has 3 heterocycles. The average Bonchev–Trinajstić information content (AvgIpc) is 2.60. The zero-order chi connectivity index (χ0) is 19.8. The number of rotatable bonds is 11. The van der Waals surface area contributed by atoms with Crippen LogP contribution in [0, 0.1) is 0 Å². The molecule has 3 fully saturated rings. The molecule has 0 radical (unpaired) electrons. The smallest absolute Gasteiger partial charge is 0.396 e. The topological polar surface area (TPSA) is 83.1 Å². The van der Waals surface area contributed by atoms with E-state index in [9.17, 15) is 0 Å². The lowest BCUT2D eigenvalue weighted by atomic mass is 9.75. The SMILES string of the molecule is COC1CC(C2(C3CCO3)CCO2)([Si](C[Si](OC)(OC)OC)(OC)OC)O1. The summed E-state index contributed by atoms with van der Waals surface area (Å²) in [6.07, 6.45) is 1.94. The van der Waals surface area contributed by atoms with E-state index < -0.39 is 28.2 Å². The van der Waals surface area contributed by atoms with E-state index in [0.29, 0.717) is 18.7 Å². The van der Waals surface area contributed by atoms with E-state index in [0.717, 1.165) is 19.4 Å². The van der Waals surface area contributed by atoms with Crippen LogP contribution in [0.15, 0.2) is 0 Å². The lowest BCUT2D eigenvalue weighted by molar-refractivity contribution is -0.391. The van der Waals surface area contributed by atoms with Crippen molar-refractivity contribution in [3.63, 3.8) is 0 Å². The Bertz CT molecular complexity index is 490. The summed E-state index contributed by atoms with van der Waals surface area (Å²) in [4.78, 5) is 0. The molecule has 0 N–H and O–H groups in total. The van der Waals surface area contributed by atoms with Crippen molar-refractivity contribution in [1.82, 2.24) is 0 Å². The van der Waals surface area contributed by atoms with Crippen LogP contribution in [0.5, 0.6) is 0 Å². The normalized spacial score (nSPS) is 36.7. The molecule has 3 saturated heterocycles. The largest absolute Gasteiger partial charge is 0.502 e. The third-order valence-corrected chi connectivity index (χ3v) is 15.2. The highest BCUT2D eigenvalue weighted by Crippen LogP contribution is 2.59. The molecular weight excluding hydrogens is 392 g/mol. The van der Waals surface area contributed by atoms with Crippen molar-refractivity contribution in [2.24, 2.45) is 0 Å². The molecule has 0 aromatic rings. The van der Waals surface area contributed by atoms with Crippen molar-refractivity contribution in [2.75, 3.05) is 55.9 Å². The minimum Gasteiger partial charge on any atom is -0.396 e. The molecule has 0 aromatic heterocycles. The number of methoxy groups -OCH3 is 1. The van der Waals surface area contributed by atoms with Crippen LogP contribution >= 0.6 is 0 Å². The molecule has 0 spiro atoms. The van der Waals surface area contributed by atoms with Gasteiger partial charge in [-0.2, -0.15) is 0 Å². The molecule has 3 rings (SSSR count). The lowest BCUT2D eigenvalue weighted by Gasteiger charge is -2.67. The van der Waals surface area contributed by atoms with Crippen molar-refractivity contribution in [3.05, 3.63) is 0 Å². The van der Waals surface area contributed by atoms with Gasteiger partial charge in [0.2, 0.25) is 0 Å². The predicted octanol–water partition coefficient (Wildman–Crippen LogP) is 0.758. The van der Waals surface area contributed by atoms with Crippen LogP contribution in [0.3, 0.4) is 0 Å². The van der Waals surface area contributed by atoms with Gasteiger partial charge in [0.15, 0.2) is 11.5 Å². The standard InChI is InChI=1S/C16H32O9Si2/c1-17-14-11-16(25-14,15(8-10-24-15)13-7-9-23-13)26(18-2,19-3)12-27(20-4,21-5)22-6/h13-14H,7-12H2,1-6H3. The monoisotopic (exact) mass is 424 g/mol. The number of hydrogen-bond donors (Lipinski definition) is 0. The first-order valence-electron chi connectivity index (χ1n) is 9.18. The van der Waals surface area contributed by atoms with E-state index in [1.54, 1.807) is 42.7 Å². The molecule has 0 saturated carbocycles. The lowest BCUT2D eigenvalue weighted by Crippen LogP contribution is -2.87. The molecule has 4 atom stereocenters. The fourth-order valence-electron chi connectivity index (χ4n) is 4.63. The molecule has 158 valence electrons. The molecule has 11 heteroatoms. The van der Waals surface area contributed by atoms with Crippen molar-refractivity contribution < 1.29 is 41.1 Å². The zero-order valence-corrected chi connectivity index (χ0v) is 19.1. The first-order valence-corrected chi connectivity index (χ1v) is 13.1. The van der Waals surface area contributed by atoms with E-state index in [2.05, 4.69) is 0 Å². The summed E-state index contributed by atoms with van der Waals surface area (Å²) < 4.78 is 53.3. The first kappa shape index (κ1) is 21.8. The van der Waals surface area contributed by atoms with Crippen LogP contribution in [0.25, 0.3) is 0 Å². The fraction of sp³-hybridized carbons (Fsp3) is 1.00. The van der Waals surface area contributed by atoms with E-state index in [1.165, 1.54) is 0 Å². The average molecular weight is 425 g/mol. The van der Waals surface area contributed by atoms with Gasteiger partial charge in [-0.05, 0) is 6.42 Å². The molecule has 27 heavy (non-hydrogen) atoms. The summed E-state index contributed by atoms with van der Waals surface area (Å²) in [6, 6.07) is 0. The second-order valence-electron chi connectivity index (χ2n) is 7.08. The summed E-state index contributed by atoms with van der Waals surface area (Å²) in [5, 5.41) is -0.804. The van der Waals surface area contributed by atoms with Gasteiger partial charge in [-0.3, -0.25) is 0 Å². The van der Waals surface area contributed by atoms with Crippen molar-refractivity contribution in [3.8, 4) is 0 Å². The van der Waals surface area contributed by atoms with Crippen LogP contribution in [0.1, 0.15) is 19.3 Å². The molecule has 3 aliphatic heterocycles. The summed E-state index contributed by atoms with van der Waals surface area (Å²) in [7, 11) is 3.52. The third kappa shape index (κ3) is 2.99. The van der Waals surface area contributed by atoms with Crippen LogP contribution in [-0.4, -0.2) is 96.5 Å². The Hall–Kier alpha value is 0.0738. The molecule has 0 aromatic carbocycles. The van der Waals surface area contributed by atoms with Gasteiger partial charge >= 0.3 is 17.4 Å². The quantitative estimate of drug-likeness (QED) is 0.446. The molecule has 0 bridgehead atoms. The summed E-state index contributed by atoms with van der Waals surface area (Å²) >= 11 is 0. The van der Waals surface area contributed by atoms with Gasteiger partial charge in [0.05, 0.1) is 18.4 Å². The van der Waals surface area contributed by atoms with Gasteiger partial charge in [0.25, 0.3) is 0 Å². The van der Waals surface area contributed by atoms with Gasteiger partial charge in [0.1, 0.15) is 5.60 Å². The highest BCUT2D eigenvalue weighted by Gasteiger charge is 2.81. The van der Waals surface area contributed by atoms with E-state index in [4.69, 9.17) is 41.1 Å². The van der Waals surface area contributed by atoms with Crippen LogP contribution in [-0.2, 0) is 41.1 Å². The Labute approximate surface area is 163 Å². The Morgan fingerprint density at radius 3 is 1.78 bits per heavy atom. The van der Waals surface area contributed by atoms with E-state index in [-0.39, 0.29) is 12.4 Å². The second-order valence-corrected chi connectivity index (χ2v) is 14.2. The Kier molecular flexibility index (Phi) is 6.51. The maximum atomic E-state index is 6.41. The Morgan fingerprint density at radius 1 is 0.926 bits per heavy atom. The second kappa shape index (κ2) is 8.07. The Morgan fingerprint density at radius 2 is 1.48 bits per heavy atom. The molecule has 3 aliphatic rings. The molecule has 9 nitrogen and oxygen atoms in total. The summed E-state index contributed by atoms with van der Waals surface area (Å²) in [6.45, 7) is 1.38. The van der Waals surface area contributed by atoms with E-state index >= 15 is 0 Å². The number of hydrogen-bond acceptors (Lipinski definition) is 9.